The maximum absolute atomic E-state index is 5.42. The van der Waals surface area contributed by atoms with Crippen LogP contribution < -0.4 is 16.6 Å². The van der Waals surface area contributed by atoms with Gasteiger partial charge in [0.25, 0.3) is 0 Å². The molecule has 5 heteroatoms. The van der Waals surface area contributed by atoms with Gasteiger partial charge in [-0.05, 0) is 11.8 Å². The molecule has 0 spiro atoms. The molecule has 5 nitrogen and oxygen atoms in total. The molecule has 1 aliphatic carbocycles. The van der Waals surface area contributed by atoms with Crippen LogP contribution in [0.2, 0.25) is 0 Å². The van der Waals surface area contributed by atoms with Crippen molar-refractivity contribution in [2.75, 3.05) is 10.7 Å². The second-order valence-corrected chi connectivity index (χ2v) is 5.69. The molecule has 0 saturated heterocycles. The Kier molecular flexibility index (Phi) is 2.95. The van der Waals surface area contributed by atoms with Crippen molar-refractivity contribution < 1.29 is 0 Å². The molecule has 1 aromatic heterocycles. The van der Waals surface area contributed by atoms with E-state index in [4.69, 9.17) is 5.84 Å². The van der Waals surface area contributed by atoms with E-state index < -0.39 is 0 Å². The van der Waals surface area contributed by atoms with Crippen LogP contribution in [0.25, 0.3) is 0 Å². The Balaban J connectivity index is 2.18. The molecule has 1 atom stereocenters. The molecule has 94 valence electrons. The first-order valence-corrected chi connectivity index (χ1v) is 6.04. The molecule has 1 saturated carbocycles. The number of nitrogens with two attached hydrogens (primary N) is 1. The highest BCUT2D eigenvalue weighted by Crippen LogP contribution is 2.46. The molecular weight excluding hydrogens is 214 g/mol. The van der Waals surface area contributed by atoms with Crippen LogP contribution >= 0.6 is 0 Å². The van der Waals surface area contributed by atoms with Gasteiger partial charge in [0.1, 0.15) is 17.5 Å². The maximum atomic E-state index is 5.42. The van der Waals surface area contributed by atoms with Crippen LogP contribution in [0.5, 0.6) is 0 Å². The van der Waals surface area contributed by atoms with Crippen molar-refractivity contribution in [3.63, 3.8) is 0 Å². The lowest BCUT2D eigenvalue weighted by Gasteiger charge is -2.12. The average Bonchev–Trinajstić information content (AvgIpc) is 2.85. The summed E-state index contributed by atoms with van der Waals surface area (Å²) in [6, 6.07) is 2.35. The third-order valence-corrected chi connectivity index (χ3v) is 3.24. The van der Waals surface area contributed by atoms with E-state index in [0.29, 0.717) is 17.3 Å². The number of nitrogens with zero attached hydrogens (tertiary/aromatic N) is 2. The van der Waals surface area contributed by atoms with E-state index >= 15 is 0 Å². The zero-order chi connectivity index (χ0) is 12.6. The summed E-state index contributed by atoms with van der Waals surface area (Å²) in [6.07, 6.45) is 1.18. The van der Waals surface area contributed by atoms with E-state index in [2.05, 4.69) is 48.4 Å². The second kappa shape index (κ2) is 4.14. The summed E-state index contributed by atoms with van der Waals surface area (Å²) in [5.74, 6) is 8.03. The van der Waals surface area contributed by atoms with E-state index in [-0.39, 0.29) is 5.92 Å². The lowest BCUT2D eigenvalue weighted by molar-refractivity contribution is 0.629. The zero-order valence-corrected chi connectivity index (χ0v) is 10.9. The molecule has 0 amide bonds. The topological polar surface area (TPSA) is 75.9 Å². The van der Waals surface area contributed by atoms with Gasteiger partial charge in [0, 0.05) is 18.0 Å². The first kappa shape index (κ1) is 12.1. The third kappa shape index (κ3) is 2.66. The Morgan fingerprint density at radius 2 is 1.94 bits per heavy atom. The Morgan fingerprint density at radius 1 is 1.35 bits per heavy atom. The predicted octanol–water partition coefficient (Wildman–Crippen LogP) is 2.10. The molecule has 17 heavy (non-hydrogen) atoms. The summed E-state index contributed by atoms with van der Waals surface area (Å²) < 4.78 is 0. The van der Waals surface area contributed by atoms with Crippen LogP contribution in [-0.2, 0) is 0 Å². The molecule has 1 fully saturated rings. The van der Waals surface area contributed by atoms with Crippen molar-refractivity contribution >= 4 is 11.6 Å². The minimum absolute atomic E-state index is 0.288. The average molecular weight is 235 g/mol. The van der Waals surface area contributed by atoms with E-state index in [1.807, 2.05) is 6.07 Å². The summed E-state index contributed by atoms with van der Waals surface area (Å²) in [5, 5.41) is 3.43. The molecule has 1 aromatic rings. The minimum atomic E-state index is 0.288. The quantitative estimate of drug-likeness (QED) is 0.550. The number of hydrogen-bond donors (Lipinski definition) is 3. The predicted molar refractivity (Wildman–Crippen MR) is 69.7 cm³/mol. The number of aromatic nitrogens is 2. The molecular formula is C12H21N5. The SMILES string of the molecule is CC(C)c1nc(NN)cc(NC2CC2(C)C)n1. The van der Waals surface area contributed by atoms with Crippen LogP contribution in [0.4, 0.5) is 11.6 Å². The normalized spacial score (nSPS) is 21.4. The molecule has 1 heterocycles. The van der Waals surface area contributed by atoms with Crippen LogP contribution in [-0.4, -0.2) is 16.0 Å². The minimum Gasteiger partial charge on any atom is -0.367 e. The molecule has 2 rings (SSSR count). The summed E-state index contributed by atoms with van der Waals surface area (Å²) in [7, 11) is 0. The molecule has 0 aliphatic heterocycles. The van der Waals surface area contributed by atoms with Gasteiger partial charge in [-0.1, -0.05) is 27.7 Å². The molecule has 1 unspecified atom stereocenters. The lowest BCUT2D eigenvalue weighted by Crippen LogP contribution is -2.15. The number of hydrazine groups is 1. The standard InChI is InChI=1S/C12H21N5/c1-7(2)11-15-9(5-10(16-11)17-13)14-8-6-12(8,3)4/h5,7-8H,6,13H2,1-4H3,(H2,14,15,16,17). The summed E-state index contributed by atoms with van der Waals surface area (Å²) in [6.45, 7) is 8.63. The summed E-state index contributed by atoms with van der Waals surface area (Å²) >= 11 is 0. The van der Waals surface area contributed by atoms with Crippen molar-refractivity contribution in [3.8, 4) is 0 Å². The van der Waals surface area contributed by atoms with Crippen molar-refractivity contribution in [3.05, 3.63) is 11.9 Å². The number of nitrogen functional groups attached to an aromatic ring is 1. The number of hydrogen-bond acceptors (Lipinski definition) is 5. The van der Waals surface area contributed by atoms with Crippen LogP contribution in [0.15, 0.2) is 6.07 Å². The second-order valence-electron chi connectivity index (χ2n) is 5.69. The summed E-state index contributed by atoms with van der Waals surface area (Å²) in [5.41, 5.74) is 2.96. The monoisotopic (exact) mass is 235 g/mol. The van der Waals surface area contributed by atoms with E-state index in [9.17, 15) is 0 Å². The molecule has 0 bridgehead atoms. The van der Waals surface area contributed by atoms with Gasteiger partial charge in [-0.15, -0.1) is 0 Å². The highest BCUT2D eigenvalue weighted by Gasteiger charge is 2.45. The fraction of sp³-hybridized carbons (Fsp3) is 0.667. The Hall–Kier alpha value is -1.36. The number of rotatable bonds is 4. The molecule has 1 aliphatic rings. The van der Waals surface area contributed by atoms with Crippen LogP contribution in [0, 0.1) is 5.41 Å². The van der Waals surface area contributed by atoms with Gasteiger partial charge in [0.15, 0.2) is 0 Å². The lowest BCUT2D eigenvalue weighted by atomic mass is 10.2. The van der Waals surface area contributed by atoms with Crippen LogP contribution in [0.1, 0.15) is 45.9 Å². The Morgan fingerprint density at radius 3 is 2.41 bits per heavy atom. The van der Waals surface area contributed by atoms with E-state index in [1.54, 1.807) is 0 Å². The fourth-order valence-electron chi connectivity index (χ4n) is 1.76. The summed E-state index contributed by atoms with van der Waals surface area (Å²) in [4.78, 5) is 8.84. The number of nitrogens with one attached hydrogen (secondary N) is 2. The van der Waals surface area contributed by atoms with Gasteiger partial charge in [-0.3, -0.25) is 0 Å². The fourth-order valence-corrected chi connectivity index (χ4v) is 1.76. The zero-order valence-electron chi connectivity index (χ0n) is 10.9. The molecule has 0 radical (unpaired) electrons. The van der Waals surface area contributed by atoms with E-state index in [1.165, 1.54) is 6.42 Å². The highest BCUT2D eigenvalue weighted by molar-refractivity contribution is 5.49. The number of anilines is 2. The third-order valence-electron chi connectivity index (χ3n) is 3.24. The van der Waals surface area contributed by atoms with Crippen molar-refractivity contribution in [1.29, 1.82) is 0 Å². The van der Waals surface area contributed by atoms with Gasteiger partial charge in [-0.2, -0.15) is 0 Å². The van der Waals surface area contributed by atoms with Gasteiger partial charge < -0.3 is 10.7 Å². The van der Waals surface area contributed by atoms with Crippen LogP contribution in [0.3, 0.4) is 0 Å². The van der Waals surface area contributed by atoms with Gasteiger partial charge in [0.2, 0.25) is 0 Å². The van der Waals surface area contributed by atoms with Gasteiger partial charge >= 0.3 is 0 Å². The first-order valence-electron chi connectivity index (χ1n) is 6.04. The molecule has 4 N–H and O–H groups in total. The Bertz CT molecular complexity index is 413. The molecule has 0 aromatic carbocycles. The smallest absolute Gasteiger partial charge is 0.145 e. The van der Waals surface area contributed by atoms with Gasteiger partial charge in [0.05, 0.1) is 0 Å². The highest BCUT2D eigenvalue weighted by atomic mass is 15.3. The Labute approximate surface area is 102 Å². The maximum Gasteiger partial charge on any atom is 0.145 e. The first-order chi connectivity index (χ1) is 7.92. The van der Waals surface area contributed by atoms with Crippen molar-refractivity contribution in [2.24, 2.45) is 11.3 Å². The largest absolute Gasteiger partial charge is 0.367 e. The van der Waals surface area contributed by atoms with E-state index in [0.717, 1.165) is 11.6 Å². The van der Waals surface area contributed by atoms with Crippen molar-refractivity contribution in [2.45, 2.75) is 46.1 Å². The van der Waals surface area contributed by atoms with Gasteiger partial charge in [-0.25, -0.2) is 15.8 Å². The van der Waals surface area contributed by atoms with Crippen molar-refractivity contribution in [1.82, 2.24) is 9.97 Å².